The van der Waals surface area contributed by atoms with Crippen molar-refractivity contribution < 1.29 is 40.9 Å². The minimum absolute atomic E-state index is 0.0942. The molecule has 4 aromatic rings. The first kappa shape index (κ1) is 31.3. The van der Waals surface area contributed by atoms with Gasteiger partial charge in [0.05, 0.1) is 26.4 Å². The molecule has 0 aliphatic heterocycles. The van der Waals surface area contributed by atoms with Gasteiger partial charge in [-0.3, -0.25) is 0 Å². The van der Waals surface area contributed by atoms with Gasteiger partial charge >= 0.3 is 0 Å². The molecule has 1 aliphatic carbocycles. The molecule has 8 N–H and O–H groups in total. The van der Waals surface area contributed by atoms with Crippen LogP contribution in [0.1, 0.15) is 94.5 Å². The molecule has 4 aromatic carbocycles. The number of fused-ring (bicyclic) bond motifs is 8. The van der Waals surface area contributed by atoms with Crippen molar-refractivity contribution in [3.63, 3.8) is 0 Å². The molecule has 8 bridgehead atoms. The van der Waals surface area contributed by atoms with Gasteiger partial charge in [0.2, 0.25) is 0 Å². The first-order valence-electron chi connectivity index (χ1n) is 14.6. The third-order valence-corrected chi connectivity index (χ3v) is 9.40. The van der Waals surface area contributed by atoms with Crippen molar-refractivity contribution in [1.82, 2.24) is 0 Å². The zero-order valence-corrected chi connectivity index (χ0v) is 25.4. The maximum Gasteiger partial charge on any atom is 0.124 e. The van der Waals surface area contributed by atoms with Gasteiger partial charge in [0.15, 0.2) is 0 Å². The van der Waals surface area contributed by atoms with Crippen LogP contribution in [0.5, 0.6) is 23.0 Å². The summed E-state index contributed by atoms with van der Waals surface area (Å²) in [5, 5.41) is 85.5. The van der Waals surface area contributed by atoms with Gasteiger partial charge < -0.3 is 40.9 Å². The van der Waals surface area contributed by atoms with Gasteiger partial charge in [0, 0.05) is 45.9 Å². The van der Waals surface area contributed by atoms with E-state index in [1.165, 1.54) is 0 Å². The number of rotatable bonds is 4. The van der Waals surface area contributed by atoms with Crippen molar-refractivity contribution in [1.29, 1.82) is 0 Å². The van der Waals surface area contributed by atoms with Gasteiger partial charge in [0.25, 0.3) is 0 Å². The number of benzene rings is 4. The van der Waals surface area contributed by atoms with E-state index >= 15 is 0 Å². The molecule has 0 saturated heterocycles. The first-order valence-corrected chi connectivity index (χ1v) is 14.6. The van der Waals surface area contributed by atoms with Gasteiger partial charge in [0.1, 0.15) is 23.0 Å². The lowest BCUT2D eigenvalue weighted by atomic mass is 9.73. The average Bonchev–Trinajstić information content (AvgIpc) is 3.00. The molecule has 1 aliphatic rings. The minimum Gasteiger partial charge on any atom is -0.507 e. The van der Waals surface area contributed by atoms with E-state index in [-0.39, 0.29) is 35.8 Å². The maximum atomic E-state index is 11.2. The summed E-state index contributed by atoms with van der Waals surface area (Å²) in [6.45, 7) is 6.13. The van der Waals surface area contributed by atoms with Crippen molar-refractivity contribution >= 4 is 0 Å². The van der Waals surface area contributed by atoms with Crippen molar-refractivity contribution in [2.45, 2.75) is 77.8 Å². The lowest BCUT2D eigenvalue weighted by molar-refractivity contribution is 0.274. The fourth-order valence-electron chi connectivity index (χ4n) is 6.25. The maximum absolute atomic E-state index is 11.2. The standard InChI is InChI=1S/C36H40O8/c1-35(2)27-7-19(31(41)23(11-27)15-37)5-21-9-29(13-25(17-39)33(21)43)36(3,4)30-10-22(34(44)26(14-30)18-40)6-20-8-28(35)12-24(16-38)32(20)42/h7-14,37-44H,5-6,15-18H2,1-4H3. The average molecular weight is 601 g/mol. The summed E-state index contributed by atoms with van der Waals surface area (Å²) in [7, 11) is 0. The topological polar surface area (TPSA) is 162 Å². The highest BCUT2D eigenvalue weighted by Crippen LogP contribution is 2.44. The summed E-state index contributed by atoms with van der Waals surface area (Å²) in [6, 6.07) is 14.2. The van der Waals surface area contributed by atoms with Crippen LogP contribution in [0.4, 0.5) is 0 Å². The van der Waals surface area contributed by atoms with E-state index in [2.05, 4.69) is 0 Å². The van der Waals surface area contributed by atoms with Crippen LogP contribution in [-0.4, -0.2) is 40.9 Å². The van der Waals surface area contributed by atoms with E-state index in [1.54, 1.807) is 24.3 Å². The molecule has 8 heteroatoms. The SMILES string of the molecule is CC1(C)c2cc(CO)c(O)c(c2)Cc2cc(cc(CO)c2O)C(C)(C)c2cc(CO)c(O)c(c2)Cc2cc1cc(CO)c2O. The van der Waals surface area contributed by atoms with Crippen molar-refractivity contribution in [2.24, 2.45) is 0 Å². The second kappa shape index (κ2) is 11.4. The smallest absolute Gasteiger partial charge is 0.124 e. The number of aliphatic hydroxyl groups is 4. The summed E-state index contributed by atoms with van der Waals surface area (Å²) < 4.78 is 0. The largest absolute Gasteiger partial charge is 0.507 e. The molecular weight excluding hydrogens is 560 g/mol. The summed E-state index contributed by atoms with van der Waals surface area (Å²) >= 11 is 0. The van der Waals surface area contributed by atoms with Crippen LogP contribution in [0.3, 0.4) is 0 Å². The Bertz CT molecular complexity index is 1500. The molecule has 232 valence electrons. The predicted molar refractivity (Wildman–Crippen MR) is 166 cm³/mol. The lowest BCUT2D eigenvalue weighted by Crippen LogP contribution is -2.22. The van der Waals surface area contributed by atoms with Crippen LogP contribution < -0.4 is 0 Å². The van der Waals surface area contributed by atoms with Crippen LogP contribution in [0.15, 0.2) is 48.5 Å². The molecule has 5 rings (SSSR count). The summed E-state index contributed by atoms with van der Waals surface area (Å²) in [5.74, 6) is -0.385. The fourth-order valence-corrected chi connectivity index (χ4v) is 6.25. The number of hydrogen-bond acceptors (Lipinski definition) is 8. The van der Waals surface area contributed by atoms with Crippen LogP contribution in [0.2, 0.25) is 0 Å². The Labute approximate surface area is 256 Å². The molecule has 0 unspecified atom stereocenters. The fraction of sp³-hybridized carbons (Fsp3) is 0.333. The van der Waals surface area contributed by atoms with E-state index < -0.39 is 37.3 Å². The highest BCUT2D eigenvalue weighted by molar-refractivity contribution is 5.58. The Morgan fingerprint density at radius 3 is 0.795 bits per heavy atom. The zero-order chi connectivity index (χ0) is 32.1. The Kier molecular flexibility index (Phi) is 8.16. The summed E-state index contributed by atoms with van der Waals surface area (Å²) in [6.07, 6.45) is 0.188. The van der Waals surface area contributed by atoms with Crippen molar-refractivity contribution in [2.75, 3.05) is 0 Å². The lowest BCUT2D eigenvalue weighted by Gasteiger charge is -2.31. The Balaban J connectivity index is 1.91. The van der Waals surface area contributed by atoms with Gasteiger partial charge in [-0.15, -0.1) is 0 Å². The van der Waals surface area contributed by atoms with Crippen LogP contribution in [-0.2, 0) is 50.1 Å². The molecule has 0 fully saturated rings. The Morgan fingerprint density at radius 2 is 0.614 bits per heavy atom. The third kappa shape index (κ3) is 5.18. The van der Waals surface area contributed by atoms with Crippen LogP contribution >= 0.6 is 0 Å². The zero-order valence-electron chi connectivity index (χ0n) is 25.4. The van der Waals surface area contributed by atoms with E-state index in [1.807, 2.05) is 52.0 Å². The minimum atomic E-state index is -0.752. The molecule has 0 amide bonds. The van der Waals surface area contributed by atoms with Gasteiger partial charge in [-0.2, -0.15) is 0 Å². The first-order chi connectivity index (χ1) is 20.8. The highest BCUT2D eigenvalue weighted by atomic mass is 16.3. The third-order valence-electron chi connectivity index (χ3n) is 9.40. The van der Waals surface area contributed by atoms with E-state index in [0.717, 1.165) is 22.3 Å². The van der Waals surface area contributed by atoms with Gasteiger partial charge in [-0.1, -0.05) is 52.0 Å². The Morgan fingerprint density at radius 1 is 0.409 bits per heavy atom. The number of phenols is 4. The van der Waals surface area contributed by atoms with Crippen molar-refractivity contribution in [3.8, 4) is 23.0 Å². The molecule has 8 nitrogen and oxygen atoms in total. The number of hydrogen-bond donors (Lipinski definition) is 8. The molecule has 0 radical (unpaired) electrons. The number of aromatic hydroxyl groups is 4. The van der Waals surface area contributed by atoms with Gasteiger partial charge in [-0.25, -0.2) is 0 Å². The summed E-state index contributed by atoms with van der Waals surface area (Å²) in [4.78, 5) is 0. The monoisotopic (exact) mass is 600 g/mol. The molecule has 0 heterocycles. The van der Waals surface area contributed by atoms with Crippen LogP contribution in [0, 0.1) is 0 Å². The Hall–Kier alpha value is -4.08. The molecule has 0 spiro atoms. The number of aliphatic hydroxyl groups excluding tert-OH is 4. The normalized spacial score (nSPS) is 15.3. The second-order valence-corrected chi connectivity index (χ2v) is 12.8. The highest BCUT2D eigenvalue weighted by Gasteiger charge is 2.31. The summed E-state index contributed by atoms with van der Waals surface area (Å²) in [5.41, 5.74) is 4.58. The molecule has 0 saturated carbocycles. The molecule has 0 aromatic heterocycles. The predicted octanol–water partition coefficient (Wildman–Crippen LogP) is 4.63. The van der Waals surface area contributed by atoms with E-state index in [9.17, 15) is 40.9 Å². The molecule has 0 atom stereocenters. The molecular formula is C36H40O8. The van der Waals surface area contributed by atoms with E-state index in [0.29, 0.717) is 44.5 Å². The quantitative estimate of drug-likeness (QED) is 0.168. The van der Waals surface area contributed by atoms with Gasteiger partial charge in [-0.05, 0) is 68.8 Å². The van der Waals surface area contributed by atoms with E-state index in [4.69, 9.17) is 0 Å². The van der Waals surface area contributed by atoms with Crippen molar-refractivity contribution in [3.05, 3.63) is 115 Å². The van der Waals surface area contributed by atoms with Crippen LogP contribution in [0.25, 0.3) is 0 Å². The second-order valence-electron chi connectivity index (χ2n) is 12.8. The molecule has 44 heavy (non-hydrogen) atoms.